The Morgan fingerprint density at radius 1 is 1.16 bits per heavy atom. The van der Waals surface area contributed by atoms with Crippen molar-refractivity contribution in [2.24, 2.45) is 11.8 Å². The van der Waals surface area contributed by atoms with E-state index in [2.05, 4.69) is 10.2 Å². The van der Waals surface area contributed by atoms with Crippen LogP contribution in [0.1, 0.15) is 31.4 Å². The van der Waals surface area contributed by atoms with Crippen LogP contribution >= 0.6 is 0 Å². The summed E-state index contributed by atoms with van der Waals surface area (Å²) in [7, 11) is 0. The Kier molecular flexibility index (Phi) is 8.55. The summed E-state index contributed by atoms with van der Waals surface area (Å²) in [6.07, 6.45) is 0.834. The second kappa shape index (κ2) is 11.2. The van der Waals surface area contributed by atoms with Crippen molar-refractivity contribution in [3.8, 4) is 0 Å². The lowest BCUT2D eigenvalue weighted by molar-refractivity contribution is -0.192. The van der Waals surface area contributed by atoms with Gasteiger partial charge in [0.1, 0.15) is 5.76 Å². The molecule has 180 valence electrons. The summed E-state index contributed by atoms with van der Waals surface area (Å²) in [5, 5.41) is 10.2. The van der Waals surface area contributed by atoms with Crippen LogP contribution in [0.3, 0.4) is 0 Å². The van der Waals surface area contributed by atoms with E-state index in [9.17, 15) is 18.0 Å². The van der Waals surface area contributed by atoms with Crippen molar-refractivity contribution in [2.45, 2.75) is 50.6 Å². The van der Waals surface area contributed by atoms with Crippen LogP contribution in [0.25, 0.3) is 0 Å². The Bertz CT molecular complexity index is 736. The molecule has 0 radical (unpaired) electrons. The van der Waals surface area contributed by atoms with Crippen LogP contribution in [-0.2, 0) is 25.6 Å². The predicted molar refractivity (Wildman–Crippen MR) is 106 cm³/mol. The lowest BCUT2D eigenvalue weighted by Gasteiger charge is -2.47. The Hall–Kier alpha value is -2.11. The third-order valence-electron chi connectivity index (χ3n) is 6.20. The normalized spacial score (nSPS) is 27.0. The molecular formula is C21H29F3N2O6. The average Bonchev–Trinajstić information content (AvgIpc) is 3.31. The van der Waals surface area contributed by atoms with Crippen molar-refractivity contribution >= 4 is 11.9 Å². The van der Waals surface area contributed by atoms with Crippen LogP contribution in [0.4, 0.5) is 13.2 Å². The van der Waals surface area contributed by atoms with Crippen LogP contribution in [0.15, 0.2) is 22.8 Å². The quantitative estimate of drug-likeness (QED) is 0.709. The number of carboxylic acids is 1. The summed E-state index contributed by atoms with van der Waals surface area (Å²) in [6.45, 7) is 4.92. The highest BCUT2D eigenvalue weighted by Crippen LogP contribution is 2.35. The monoisotopic (exact) mass is 462 g/mol. The first kappa shape index (κ1) is 24.5. The minimum absolute atomic E-state index is 0.0383. The van der Waals surface area contributed by atoms with Gasteiger partial charge in [-0.2, -0.15) is 13.2 Å². The van der Waals surface area contributed by atoms with Gasteiger partial charge in [0, 0.05) is 50.8 Å². The van der Waals surface area contributed by atoms with E-state index in [0.717, 1.165) is 57.7 Å². The molecule has 3 aliphatic rings. The number of halogens is 3. The van der Waals surface area contributed by atoms with Crippen LogP contribution in [-0.4, -0.2) is 73.1 Å². The van der Waals surface area contributed by atoms with E-state index >= 15 is 0 Å². The summed E-state index contributed by atoms with van der Waals surface area (Å²) >= 11 is 0. The number of fused-ring (bicyclic) bond motifs is 1. The topological polar surface area (TPSA) is 101 Å². The zero-order valence-electron chi connectivity index (χ0n) is 17.7. The van der Waals surface area contributed by atoms with E-state index in [1.807, 2.05) is 12.1 Å². The van der Waals surface area contributed by atoms with Crippen molar-refractivity contribution in [2.75, 3.05) is 32.9 Å². The lowest BCUT2D eigenvalue weighted by Crippen LogP contribution is -2.56. The third-order valence-corrected chi connectivity index (χ3v) is 6.20. The molecule has 8 nitrogen and oxygen atoms in total. The zero-order valence-corrected chi connectivity index (χ0v) is 17.7. The zero-order chi connectivity index (χ0) is 23.1. The number of nitrogens with one attached hydrogen (secondary N) is 1. The molecule has 4 heterocycles. The van der Waals surface area contributed by atoms with Crippen molar-refractivity contribution in [3.05, 3.63) is 24.2 Å². The van der Waals surface area contributed by atoms with Gasteiger partial charge in [-0.05, 0) is 37.8 Å². The maximum atomic E-state index is 12.8. The summed E-state index contributed by atoms with van der Waals surface area (Å²) in [5.74, 6) is -1.49. The molecule has 1 amide bonds. The van der Waals surface area contributed by atoms with Gasteiger partial charge in [-0.3, -0.25) is 9.69 Å². The van der Waals surface area contributed by atoms with Gasteiger partial charge in [-0.1, -0.05) is 0 Å². The second-order valence-electron chi connectivity index (χ2n) is 8.20. The molecule has 1 aromatic rings. The molecule has 3 saturated heterocycles. The van der Waals surface area contributed by atoms with E-state index < -0.39 is 12.1 Å². The highest BCUT2D eigenvalue weighted by Gasteiger charge is 2.43. The molecule has 0 saturated carbocycles. The van der Waals surface area contributed by atoms with Gasteiger partial charge in [-0.25, -0.2) is 4.79 Å². The number of likely N-dealkylation sites (tertiary alicyclic amines) is 1. The Balaban J connectivity index is 0.000000360. The molecule has 4 rings (SSSR count). The number of alkyl halides is 3. The first-order valence-corrected chi connectivity index (χ1v) is 10.8. The van der Waals surface area contributed by atoms with Gasteiger partial charge < -0.3 is 24.3 Å². The summed E-state index contributed by atoms with van der Waals surface area (Å²) < 4.78 is 48.5. The fraction of sp³-hybridized carbons (Fsp3) is 0.714. The van der Waals surface area contributed by atoms with E-state index in [1.54, 1.807) is 6.26 Å². The minimum atomic E-state index is -5.08. The van der Waals surface area contributed by atoms with Crippen molar-refractivity contribution in [3.63, 3.8) is 0 Å². The second-order valence-corrected chi connectivity index (χ2v) is 8.20. The van der Waals surface area contributed by atoms with Crippen LogP contribution in [0.2, 0.25) is 0 Å². The van der Waals surface area contributed by atoms with E-state index in [0.29, 0.717) is 25.1 Å². The summed E-state index contributed by atoms with van der Waals surface area (Å²) in [6, 6.07) is 4.34. The van der Waals surface area contributed by atoms with Gasteiger partial charge in [0.05, 0.1) is 18.9 Å². The number of piperidine rings is 1. The number of amides is 1. The molecule has 11 heteroatoms. The Morgan fingerprint density at radius 2 is 1.88 bits per heavy atom. The Labute approximate surface area is 184 Å². The largest absolute Gasteiger partial charge is 0.490 e. The standard InChI is InChI=1S/C19H28N2O4.C2HF3O2/c22-19(20-12-15-2-1-8-24-15)16-6-11-25-18-3-7-21(13-17(16)18)14-4-9-23-10-5-14;3-2(4,5)1(6)7/h1-2,8,14,16-18H,3-7,9-13H2,(H,20,22);(H,6,7)/t16-,17-,18-;/m1./s1. The number of carbonyl (C=O) groups is 2. The molecule has 2 N–H and O–H groups in total. The van der Waals surface area contributed by atoms with Crippen LogP contribution < -0.4 is 5.32 Å². The third kappa shape index (κ3) is 6.69. The van der Waals surface area contributed by atoms with Crippen LogP contribution in [0, 0.1) is 11.8 Å². The van der Waals surface area contributed by atoms with Crippen molar-refractivity contribution < 1.29 is 41.8 Å². The molecule has 0 unspecified atom stereocenters. The number of carbonyl (C=O) groups excluding carboxylic acids is 1. The number of hydrogen-bond donors (Lipinski definition) is 2. The van der Waals surface area contributed by atoms with Crippen molar-refractivity contribution in [1.82, 2.24) is 10.2 Å². The summed E-state index contributed by atoms with van der Waals surface area (Å²) in [5.41, 5.74) is 0. The molecule has 0 aliphatic carbocycles. The number of hydrogen-bond acceptors (Lipinski definition) is 6. The first-order chi connectivity index (χ1) is 15.3. The van der Waals surface area contributed by atoms with E-state index in [1.165, 1.54) is 0 Å². The molecule has 1 aromatic heterocycles. The number of nitrogens with zero attached hydrogens (tertiary/aromatic N) is 1. The number of furan rings is 1. The molecule has 0 bridgehead atoms. The average molecular weight is 462 g/mol. The van der Waals surface area contributed by atoms with Crippen molar-refractivity contribution in [1.29, 1.82) is 0 Å². The van der Waals surface area contributed by atoms with Crippen LogP contribution in [0.5, 0.6) is 0 Å². The number of aliphatic carboxylic acids is 1. The fourth-order valence-corrected chi connectivity index (χ4v) is 4.57. The van der Waals surface area contributed by atoms with E-state index in [4.69, 9.17) is 23.8 Å². The molecule has 32 heavy (non-hydrogen) atoms. The minimum Gasteiger partial charge on any atom is -0.475 e. The molecule has 3 aliphatic heterocycles. The molecular weight excluding hydrogens is 433 g/mol. The first-order valence-electron chi connectivity index (χ1n) is 10.8. The predicted octanol–water partition coefficient (Wildman–Crippen LogP) is 2.44. The van der Waals surface area contributed by atoms with Gasteiger partial charge in [0.2, 0.25) is 5.91 Å². The molecule has 0 aromatic carbocycles. The number of carboxylic acid groups (broad SMARTS) is 1. The SMILES string of the molecule is O=C(NCc1ccco1)[C@@H]1CCO[C@@H]2CCN(C3CCOCC3)C[C@@H]21.O=C(O)C(F)(F)F. The van der Waals surface area contributed by atoms with E-state index in [-0.39, 0.29) is 17.9 Å². The molecule has 3 fully saturated rings. The number of rotatable bonds is 4. The smallest absolute Gasteiger partial charge is 0.475 e. The fourth-order valence-electron chi connectivity index (χ4n) is 4.57. The lowest BCUT2D eigenvalue weighted by atomic mass is 9.78. The highest BCUT2D eigenvalue weighted by molar-refractivity contribution is 5.79. The van der Waals surface area contributed by atoms with Gasteiger partial charge >= 0.3 is 12.1 Å². The van der Waals surface area contributed by atoms with Gasteiger partial charge in [0.25, 0.3) is 0 Å². The molecule has 3 atom stereocenters. The Morgan fingerprint density at radius 3 is 2.50 bits per heavy atom. The maximum absolute atomic E-state index is 12.8. The summed E-state index contributed by atoms with van der Waals surface area (Å²) in [4.78, 5) is 24.3. The highest BCUT2D eigenvalue weighted by atomic mass is 19.4. The molecule has 0 spiro atoms. The number of ether oxygens (including phenoxy) is 2. The van der Waals surface area contributed by atoms with Gasteiger partial charge in [0.15, 0.2) is 0 Å². The van der Waals surface area contributed by atoms with Gasteiger partial charge in [-0.15, -0.1) is 0 Å². The maximum Gasteiger partial charge on any atom is 0.490 e.